The molecule has 1 saturated heterocycles. The van der Waals surface area contributed by atoms with E-state index in [9.17, 15) is 13.2 Å². The molecule has 3 rings (SSSR count). The standard InChI is InChI=1S/C18H23NO3S/c20-18(13-16-9-11-23(21,22)14-16)19-10-5-4-8-17(19)12-15-6-2-1-3-7-15/h1-3,6-7,9,11,16-17H,4-5,8,10,12-14H2/t16-,17+/m1/s1. The van der Waals surface area contributed by atoms with Crippen molar-refractivity contribution in [3.05, 3.63) is 47.4 Å². The van der Waals surface area contributed by atoms with E-state index >= 15 is 0 Å². The number of hydrogen-bond acceptors (Lipinski definition) is 3. The Morgan fingerprint density at radius 1 is 1.17 bits per heavy atom. The number of likely N-dealkylation sites (tertiary alicyclic amines) is 1. The molecule has 5 heteroatoms. The van der Waals surface area contributed by atoms with Crippen LogP contribution < -0.4 is 0 Å². The van der Waals surface area contributed by atoms with E-state index in [2.05, 4.69) is 12.1 Å². The molecule has 4 nitrogen and oxygen atoms in total. The Bertz CT molecular complexity index is 681. The van der Waals surface area contributed by atoms with Crippen LogP contribution in [-0.4, -0.2) is 37.6 Å². The quantitative estimate of drug-likeness (QED) is 0.851. The first-order valence-corrected chi connectivity index (χ1v) is 9.99. The second kappa shape index (κ2) is 6.87. The number of rotatable bonds is 4. The molecule has 0 radical (unpaired) electrons. The molecule has 2 heterocycles. The lowest BCUT2D eigenvalue weighted by Crippen LogP contribution is -2.45. The van der Waals surface area contributed by atoms with Gasteiger partial charge in [-0.3, -0.25) is 4.79 Å². The molecule has 1 amide bonds. The largest absolute Gasteiger partial charge is 0.339 e. The van der Waals surface area contributed by atoms with Crippen LogP contribution in [0.1, 0.15) is 31.2 Å². The van der Waals surface area contributed by atoms with E-state index in [0.717, 1.165) is 32.2 Å². The van der Waals surface area contributed by atoms with Gasteiger partial charge < -0.3 is 4.90 Å². The number of sulfone groups is 1. The summed E-state index contributed by atoms with van der Waals surface area (Å²) in [6.45, 7) is 0.791. The number of hydrogen-bond donors (Lipinski definition) is 0. The fraction of sp³-hybridized carbons (Fsp3) is 0.500. The van der Waals surface area contributed by atoms with Gasteiger partial charge in [0, 0.05) is 30.3 Å². The minimum Gasteiger partial charge on any atom is -0.339 e. The van der Waals surface area contributed by atoms with E-state index < -0.39 is 9.84 Å². The Kier molecular flexibility index (Phi) is 4.85. The van der Waals surface area contributed by atoms with E-state index in [1.165, 1.54) is 11.0 Å². The first-order valence-electron chi connectivity index (χ1n) is 8.28. The normalized spacial score (nSPS) is 26.3. The molecule has 0 unspecified atom stereocenters. The van der Waals surface area contributed by atoms with Gasteiger partial charge in [0.05, 0.1) is 5.75 Å². The Balaban J connectivity index is 1.64. The highest BCUT2D eigenvalue weighted by atomic mass is 32.2. The van der Waals surface area contributed by atoms with E-state index in [1.54, 1.807) is 6.08 Å². The highest BCUT2D eigenvalue weighted by molar-refractivity contribution is 7.94. The molecular formula is C18H23NO3S. The third-order valence-electron chi connectivity index (χ3n) is 4.70. The predicted octanol–water partition coefficient (Wildman–Crippen LogP) is 2.56. The summed E-state index contributed by atoms with van der Waals surface area (Å²) < 4.78 is 23.0. The Morgan fingerprint density at radius 2 is 1.96 bits per heavy atom. The minimum absolute atomic E-state index is 0.0793. The lowest BCUT2D eigenvalue weighted by atomic mass is 9.94. The summed E-state index contributed by atoms with van der Waals surface area (Å²) in [6.07, 6.45) is 6.07. The van der Waals surface area contributed by atoms with Crippen molar-refractivity contribution in [2.45, 2.75) is 38.1 Å². The smallest absolute Gasteiger partial charge is 0.223 e. The fourth-order valence-corrected chi connectivity index (χ4v) is 4.93. The number of carbonyl (C=O) groups is 1. The van der Waals surface area contributed by atoms with Gasteiger partial charge in [-0.05, 0) is 31.2 Å². The van der Waals surface area contributed by atoms with Gasteiger partial charge in [0.1, 0.15) is 0 Å². The highest BCUT2D eigenvalue weighted by Gasteiger charge is 2.30. The zero-order chi connectivity index (χ0) is 16.3. The van der Waals surface area contributed by atoms with Crippen LogP contribution >= 0.6 is 0 Å². The van der Waals surface area contributed by atoms with Gasteiger partial charge in [-0.2, -0.15) is 0 Å². The summed E-state index contributed by atoms with van der Waals surface area (Å²) in [4.78, 5) is 14.6. The average molecular weight is 333 g/mol. The van der Waals surface area contributed by atoms with E-state index in [4.69, 9.17) is 0 Å². The summed E-state index contributed by atoms with van der Waals surface area (Å²) in [7, 11) is -3.09. The van der Waals surface area contributed by atoms with Crippen LogP contribution in [0.5, 0.6) is 0 Å². The Hall–Kier alpha value is -1.62. The zero-order valence-electron chi connectivity index (χ0n) is 13.2. The molecule has 124 valence electrons. The van der Waals surface area contributed by atoms with Crippen molar-refractivity contribution in [1.29, 1.82) is 0 Å². The highest BCUT2D eigenvalue weighted by Crippen LogP contribution is 2.25. The van der Waals surface area contributed by atoms with Gasteiger partial charge in [0.2, 0.25) is 5.91 Å². The van der Waals surface area contributed by atoms with Crippen molar-refractivity contribution in [3.8, 4) is 0 Å². The summed E-state index contributed by atoms with van der Waals surface area (Å²) in [6, 6.07) is 10.5. The second-order valence-electron chi connectivity index (χ2n) is 6.55. The molecule has 2 atom stereocenters. The summed E-state index contributed by atoms with van der Waals surface area (Å²) in [5, 5.41) is 1.25. The SMILES string of the molecule is O=C(C[C@H]1C=CS(=O)(=O)C1)N1CCCC[C@H]1Cc1ccccc1. The van der Waals surface area contributed by atoms with Crippen LogP contribution in [-0.2, 0) is 21.1 Å². The first-order chi connectivity index (χ1) is 11.0. The number of benzene rings is 1. The van der Waals surface area contributed by atoms with E-state index in [-0.39, 0.29) is 23.6 Å². The van der Waals surface area contributed by atoms with Crippen LogP contribution in [0.2, 0.25) is 0 Å². The molecule has 1 aromatic rings. The third kappa shape index (κ3) is 4.22. The molecule has 0 saturated carbocycles. The Labute approximate surface area is 138 Å². The predicted molar refractivity (Wildman–Crippen MR) is 90.5 cm³/mol. The summed E-state index contributed by atoms with van der Waals surface area (Å²) >= 11 is 0. The van der Waals surface area contributed by atoms with Crippen molar-refractivity contribution in [3.63, 3.8) is 0 Å². The van der Waals surface area contributed by atoms with Crippen LogP contribution in [0.25, 0.3) is 0 Å². The molecule has 2 aliphatic rings. The van der Waals surface area contributed by atoms with Gasteiger partial charge >= 0.3 is 0 Å². The first kappa shape index (κ1) is 16.2. The zero-order valence-corrected chi connectivity index (χ0v) is 14.0. The molecule has 0 aliphatic carbocycles. The lowest BCUT2D eigenvalue weighted by Gasteiger charge is -2.36. The van der Waals surface area contributed by atoms with E-state index in [0.29, 0.717) is 6.42 Å². The van der Waals surface area contributed by atoms with Gasteiger partial charge in [-0.15, -0.1) is 0 Å². The number of amides is 1. The van der Waals surface area contributed by atoms with Crippen LogP contribution in [0.15, 0.2) is 41.8 Å². The summed E-state index contributed by atoms with van der Waals surface area (Å²) in [5.41, 5.74) is 1.25. The van der Waals surface area contributed by atoms with Crippen LogP contribution in [0.3, 0.4) is 0 Å². The lowest BCUT2D eigenvalue weighted by molar-refractivity contribution is -0.135. The second-order valence-corrected chi connectivity index (χ2v) is 8.48. The van der Waals surface area contributed by atoms with E-state index in [1.807, 2.05) is 23.1 Å². The van der Waals surface area contributed by atoms with Crippen molar-refractivity contribution in [1.82, 2.24) is 4.90 Å². The van der Waals surface area contributed by atoms with Gasteiger partial charge in [0.15, 0.2) is 9.84 Å². The van der Waals surface area contributed by atoms with Crippen molar-refractivity contribution in [2.75, 3.05) is 12.3 Å². The van der Waals surface area contributed by atoms with Crippen LogP contribution in [0.4, 0.5) is 0 Å². The number of carbonyl (C=O) groups excluding carboxylic acids is 1. The maximum absolute atomic E-state index is 12.7. The number of piperidine rings is 1. The molecule has 0 aromatic heterocycles. The monoisotopic (exact) mass is 333 g/mol. The third-order valence-corrected chi connectivity index (χ3v) is 6.17. The van der Waals surface area contributed by atoms with Crippen molar-refractivity contribution < 1.29 is 13.2 Å². The molecule has 2 aliphatic heterocycles. The molecular weight excluding hydrogens is 310 g/mol. The van der Waals surface area contributed by atoms with Crippen LogP contribution in [0, 0.1) is 5.92 Å². The molecule has 23 heavy (non-hydrogen) atoms. The maximum Gasteiger partial charge on any atom is 0.223 e. The molecule has 0 bridgehead atoms. The average Bonchev–Trinajstić information content (AvgIpc) is 2.87. The minimum atomic E-state index is -3.09. The molecule has 1 fully saturated rings. The topological polar surface area (TPSA) is 54.5 Å². The van der Waals surface area contributed by atoms with Crippen molar-refractivity contribution in [2.24, 2.45) is 5.92 Å². The number of allylic oxidation sites excluding steroid dienone is 1. The number of nitrogens with zero attached hydrogens (tertiary/aromatic N) is 1. The molecule has 0 N–H and O–H groups in total. The molecule has 0 spiro atoms. The van der Waals surface area contributed by atoms with Gasteiger partial charge in [-0.1, -0.05) is 36.4 Å². The van der Waals surface area contributed by atoms with Gasteiger partial charge in [-0.25, -0.2) is 8.42 Å². The van der Waals surface area contributed by atoms with Gasteiger partial charge in [0.25, 0.3) is 0 Å². The maximum atomic E-state index is 12.7. The van der Waals surface area contributed by atoms with Crippen molar-refractivity contribution >= 4 is 15.7 Å². The summed E-state index contributed by atoms with van der Waals surface area (Å²) in [5.74, 6) is 0.0137. The fourth-order valence-electron chi connectivity index (χ4n) is 3.54. The Morgan fingerprint density at radius 3 is 2.65 bits per heavy atom. The molecule has 1 aromatic carbocycles.